The van der Waals surface area contributed by atoms with E-state index in [2.05, 4.69) is 10.6 Å². The number of hydrogen-bond acceptors (Lipinski definition) is 3. The van der Waals surface area contributed by atoms with Crippen LogP contribution in [-0.2, 0) is 0 Å². The van der Waals surface area contributed by atoms with Gasteiger partial charge >= 0.3 is 0 Å². The van der Waals surface area contributed by atoms with Gasteiger partial charge in [0.2, 0.25) is 0 Å². The van der Waals surface area contributed by atoms with Gasteiger partial charge in [-0.2, -0.15) is 0 Å². The number of benzene rings is 2. The molecule has 2 amide bonds. The van der Waals surface area contributed by atoms with Crippen molar-refractivity contribution in [2.24, 2.45) is 0 Å². The molecule has 0 heterocycles. The van der Waals surface area contributed by atoms with Crippen LogP contribution in [0.5, 0.6) is 5.75 Å². The molecule has 0 bridgehead atoms. The Bertz CT molecular complexity index is 728. The number of para-hydroxylation sites is 1. The van der Waals surface area contributed by atoms with E-state index in [1.54, 1.807) is 55.6 Å². The van der Waals surface area contributed by atoms with E-state index in [0.29, 0.717) is 22.6 Å². The summed E-state index contributed by atoms with van der Waals surface area (Å²) in [5.41, 5.74) is 1.38. The predicted molar refractivity (Wildman–Crippen MR) is 94.6 cm³/mol. The number of rotatable bonds is 6. The molecule has 2 aromatic carbocycles. The Hall–Kier alpha value is -2.82. The van der Waals surface area contributed by atoms with E-state index in [4.69, 9.17) is 4.74 Å². The number of nitrogens with one attached hydrogen (secondary N) is 2. The van der Waals surface area contributed by atoms with Gasteiger partial charge in [-0.25, -0.2) is 0 Å². The fourth-order valence-electron chi connectivity index (χ4n) is 2.15. The topological polar surface area (TPSA) is 67.4 Å². The van der Waals surface area contributed by atoms with Gasteiger partial charge < -0.3 is 15.4 Å². The van der Waals surface area contributed by atoms with Gasteiger partial charge in [0, 0.05) is 11.6 Å². The van der Waals surface area contributed by atoms with Crippen LogP contribution in [-0.4, -0.2) is 25.0 Å². The van der Waals surface area contributed by atoms with E-state index >= 15 is 0 Å². The summed E-state index contributed by atoms with van der Waals surface area (Å²) in [7, 11) is 1.55. The van der Waals surface area contributed by atoms with Crippen molar-refractivity contribution in [3.05, 3.63) is 59.7 Å². The minimum Gasteiger partial charge on any atom is -0.497 e. The number of methoxy groups -OCH3 is 1. The number of ether oxygens (including phenoxy) is 1. The second-order valence-corrected chi connectivity index (χ2v) is 5.51. The first-order chi connectivity index (χ1) is 11.5. The molecule has 2 rings (SSSR count). The summed E-state index contributed by atoms with van der Waals surface area (Å²) in [6.07, 6.45) is 0.837. The molecule has 0 fully saturated rings. The minimum absolute atomic E-state index is 0.0691. The molecule has 0 saturated carbocycles. The highest BCUT2D eigenvalue weighted by Crippen LogP contribution is 2.18. The Morgan fingerprint density at radius 1 is 1.08 bits per heavy atom. The van der Waals surface area contributed by atoms with E-state index in [-0.39, 0.29) is 17.9 Å². The fraction of sp³-hybridized carbons (Fsp3) is 0.263. The molecule has 0 aliphatic carbocycles. The molecule has 0 aliphatic heterocycles. The van der Waals surface area contributed by atoms with Gasteiger partial charge in [-0.3, -0.25) is 9.59 Å². The van der Waals surface area contributed by atoms with E-state index < -0.39 is 0 Å². The lowest BCUT2D eigenvalue weighted by Gasteiger charge is -2.14. The van der Waals surface area contributed by atoms with Crippen molar-refractivity contribution in [2.75, 3.05) is 12.4 Å². The van der Waals surface area contributed by atoms with Crippen molar-refractivity contribution < 1.29 is 14.3 Å². The number of anilines is 1. The highest BCUT2D eigenvalue weighted by molar-refractivity contribution is 6.09. The van der Waals surface area contributed by atoms with Gasteiger partial charge in [0.15, 0.2) is 0 Å². The van der Waals surface area contributed by atoms with Gasteiger partial charge in [0.05, 0.1) is 18.4 Å². The summed E-state index contributed by atoms with van der Waals surface area (Å²) in [5, 5.41) is 5.70. The summed E-state index contributed by atoms with van der Waals surface area (Å²) < 4.78 is 5.13. The molecule has 2 N–H and O–H groups in total. The normalized spacial score (nSPS) is 11.5. The summed E-state index contributed by atoms with van der Waals surface area (Å²) >= 11 is 0. The van der Waals surface area contributed by atoms with Gasteiger partial charge in [-0.1, -0.05) is 25.1 Å². The monoisotopic (exact) mass is 326 g/mol. The summed E-state index contributed by atoms with van der Waals surface area (Å²) in [6.45, 7) is 3.94. The molecular formula is C19H22N2O3. The maximum atomic E-state index is 12.4. The van der Waals surface area contributed by atoms with Crippen LogP contribution in [0.4, 0.5) is 5.69 Å². The summed E-state index contributed by atoms with van der Waals surface area (Å²) in [6, 6.07) is 13.9. The average Bonchev–Trinajstić information content (AvgIpc) is 2.61. The van der Waals surface area contributed by atoms with Gasteiger partial charge in [0.25, 0.3) is 11.8 Å². The first-order valence-electron chi connectivity index (χ1n) is 7.90. The Morgan fingerprint density at radius 2 is 1.83 bits per heavy atom. The smallest absolute Gasteiger partial charge is 0.255 e. The van der Waals surface area contributed by atoms with Crippen molar-refractivity contribution in [3.63, 3.8) is 0 Å². The van der Waals surface area contributed by atoms with Gasteiger partial charge in [-0.15, -0.1) is 0 Å². The maximum Gasteiger partial charge on any atom is 0.255 e. The molecule has 24 heavy (non-hydrogen) atoms. The zero-order valence-electron chi connectivity index (χ0n) is 14.1. The molecule has 126 valence electrons. The average molecular weight is 326 g/mol. The molecule has 2 aromatic rings. The number of hydrogen-bond donors (Lipinski definition) is 2. The lowest BCUT2D eigenvalue weighted by Crippen LogP contribution is -2.32. The summed E-state index contributed by atoms with van der Waals surface area (Å²) in [5.74, 6) is 0.106. The third-order valence-corrected chi connectivity index (χ3v) is 3.74. The van der Waals surface area contributed by atoms with E-state index in [0.717, 1.165) is 6.42 Å². The van der Waals surface area contributed by atoms with Crippen molar-refractivity contribution in [3.8, 4) is 5.75 Å². The third-order valence-electron chi connectivity index (χ3n) is 3.74. The van der Waals surface area contributed by atoms with Crippen molar-refractivity contribution in [2.45, 2.75) is 26.3 Å². The molecule has 0 spiro atoms. The number of amides is 2. The molecular weight excluding hydrogens is 304 g/mol. The zero-order valence-corrected chi connectivity index (χ0v) is 14.1. The lowest BCUT2D eigenvalue weighted by atomic mass is 10.1. The van der Waals surface area contributed by atoms with Crippen molar-refractivity contribution in [1.82, 2.24) is 5.32 Å². The van der Waals surface area contributed by atoms with Crippen molar-refractivity contribution in [1.29, 1.82) is 0 Å². The van der Waals surface area contributed by atoms with E-state index in [1.165, 1.54) is 0 Å². The van der Waals surface area contributed by atoms with Crippen LogP contribution >= 0.6 is 0 Å². The molecule has 5 heteroatoms. The van der Waals surface area contributed by atoms with E-state index in [1.807, 2.05) is 13.8 Å². The molecule has 0 saturated heterocycles. The van der Waals surface area contributed by atoms with Crippen LogP contribution in [0.15, 0.2) is 48.5 Å². The molecule has 0 radical (unpaired) electrons. The van der Waals surface area contributed by atoms with Crippen LogP contribution in [0.2, 0.25) is 0 Å². The predicted octanol–water partition coefficient (Wildman–Crippen LogP) is 3.48. The largest absolute Gasteiger partial charge is 0.497 e. The highest BCUT2D eigenvalue weighted by atomic mass is 16.5. The molecule has 1 atom stereocenters. The Kier molecular flexibility index (Phi) is 5.95. The van der Waals surface area contributed by atoms with Crippen LogP contribution in [0.1, 0.15) is 41.0 Å². The minimum atomic E-state index is -0.294. The number of carbonyl (C=O) groups excluding carboxylic acids is 2. The molecule has 1 unspecified atom stereocenters. The van der Waals surface area contributed by atoms with Gasteiger partial charge in [-0.05, 0) is 43.7 Å². The quantitative estimate of drug-likeness (QED) is 0.854. The van der Waals surface area contributed by atoms with Crippen molar-refractivity contribution >= 4 is 17.5 Å². The third kappa shape index (κ3) is 4.35. The van der Waals surface area contributed by atoms with Crippen LogP contribution in [0.25, 0.3) is 0 Å². The second kappa shape index (κ2) is 8.15. The number of carbonyl (C=O) groups is 2. The molecule has 0 aromatic heterocycles. The molecule has 0 aliphatic rings. The van der Waals surface area contributed by atoms with Crippen LogP contribution in [0.3, 0.4) is 0 Å². The maximum absolute atomic E-state index is 12.4. The Balaban J connectivity index is 2.20. The SMILES string of the molecule is CCC(C)NC(=O)c1ccccc1NC(=O)c1cccc(OC)c1. The fourth-order valence-corrected chi connectivity index (χ4v) is 2.15. The standard InChI is InChI=1S/C19H22N2O3/c1-4-13(2)20-19(23)16-10-5-6-11-17(16)21-18(22)14-8-7-9-15(12-14)24-3/h5-13H,4H2,1-3H3,(H,20,23)(H,21,22). The first-order valence-corrected chi connectivity index (χ1v) is 7.90. The first kappa shape index (κ1) is 17.5. The van der Waals surface area contributed by atoms with E-state index in [9.17, 15) is 9.59 Å². The highest BCUT2D eigenvalue weighted by Gasteiger charge is 2.15. The second-order valence-electron chi connectivity index (χ2n) is 5.51. The zero-order chi connectivity index (χ0) is 17.5. The van der Waals surface area contributed by atoms with Crippen LogP contribution < -0.4 is 15.4 Å². The summed E-state index contributed by atoms with van der Waals surface area (Å²) in [4.78, 5) is 24.8. The van der Waals surface area contributed by atoms with Crippen LogP contribution in [0, 0.1) is 0 Å². The van der Waals surface area contributed by atoms with Gasteiger partial charge in [0.1, 0.15) is 5.75 Å². The Labute approximate surface area is 142 Å². The Morgan fingerprint density at radius 3 is 2.54 bits per heavy atom. The molecule has 5 nitrogen and oxygen atoms in total. The lowest BCUT2D eigenvalue weighted by molar-refractivity contribution is 0.0940.